The molecule has 0 saturated heterocycles. The second kappa shape index (κ2) is 5.47. The van der Waals surface area contributed by atoms with E-state index in [9.17, 15) is 4.39 Å². The summed E-state index contributed by atoms with van der Waals surface area (Å²) in [5, 5.41) is 3.00. The summed E-state index contributed by atoms with van der Waals surface area (Å²) in [6.07, 6.45) is 1.91. The molecule has 0 aliphatic rings. The monoisotopic (exact) mass is 285 g/mol. The van der Waals surface area contributed by atoms with Crippen LogP contribution in [0, 0.1) is 5.82 Å². The van der Waals surface area contributed by atoms with E-state index in [0.29, 0.717) is 18.7 Å². The average molecular weight is 285 g/mol. The molecule has 2 aromatic heterocycles. The molecular weight excluding hydrogens is 269 g/mol. The molecule has 0 bridgehead atoms. The van der Waals surface area contributed by atoms with Gasteiger partial charge < -0.3 is 9.88 Å². The van der Waals surface area contributed by atoms with Gasteiger partial charge >= 0.3 is 0 Å². The van der Waals surface area contributed by atoms with Gasteiger partial charge in [-0.1, -0.05) is 19.1 Å². The van der Waals surface area contributed by atoms with Gasteiger partial charge in [-0.05, 0) is 18.6 Å². The topological polar surface area (TPSA) is 55.6 Å². The van der Waals surface area contributed by atoms with Crippen molar-refractivity contribution in [3.63, 3.8) is 0 Å². The summed E-state index contributed by atoms with van der Waals surface area (Å²) in [6, 6.07) is 7.88. The molecule has 2 heterocycles. The maximum Gasteiger partial charge on any atom is 0.186 e. The summed E-state index contributed by atoms with van der Waals surface area (Å²) < 4.78 is 16.1. The Balaban J connectivity index is 1.85. The highest BCUT2D eigenvalue weighted by Crippen LogP contribution is 2.17. The summed E-state index contributed by atoms with van der Waals surface area (Å²) in [5.74, 6) is 0.653. The molecule has 3 rings (SSSR count). The van der Waals surface area contributed by atoms with Gasteiger partial charge in [-0.25, -0.2) is 19.3 Å². The van der Waals surface area contributed by atoms with Crippen LogP contribution >= 0.6 is 0 Å². The van der Waals surface area contributed by atoms with Crippen molar-refractivity contribution >= 4 is 16.9 Å². The molecule has 0 saturated carbocycles. The lowest BCUT2D eigenvalue weighted by atomic mass is 10.3. The minimum absolute atomic E-state index is 0.217. The molecule has 0 aliphatic heterocycles. The molecule has 0 atom stereocenters. The highest BCUT2D eigenvalue weighted by Gasteiger charge is 2.11. The number of rotatable bonds is 4. The van der Waals surface area contributed by atoms with Gasteiger partial charge in [0.25, 0.3) is 0 Å². The minimum atomic E-state index is -0.390. The predicted octanol–water partition coefficient (Wildman–Crippen LogP) is 2.68. The van der Waals surface area contributed by atoms with E-state index in [1.807, 2.05) is 42.8 Å². The summed E-state index contributed by atoms with van der Waals surface area (Å²) >= 11 is 0. The first-order valence-electron chi connectivity index (χ1n) is 6.84. The molecule has 1 N–H and O–H groups in total. The maximum absolute atomic E-state index is 14.1. The van der Waals surface area contributed by atoms with E-state index in [2.05, 4.69) is 20.3 Å². The van der Waals surface area contributed by atoms with Crippen LogP contribution in [0.4, 0.5) is 10.2 Å². The molecule has 1 aromatic carbocycles. The van der Waals surface area contributed by atoms with Gasteiger partial charge in [-0.2, -0.15) is 0 Å². The van der Waals surface area contributed by atoms with Crippen LogP contribution in [-0.2, 0) is 20.0 Å². The van der Waals surface area contributed by atoms with E-state index in [1.54, 1.807) is 0 Å². The van der Waals surface area contributed by atoms with Crippen LogP contribution in [0.3, 0.4) is 0 Å². The summed E-state index contributed by atoms with van der Waals surface area (Å²) in [5.41, 5.74) is 2.39. The van der Waals surface area contributed by atoms with Crippen molar-refractivity contribution < 1.29 is 4.39 Å². The van der Waals surface area contributed by atoms with Gasteiger partial charge in [0.15, 0.2) is 11.6 Å². The number of benzene rings is 1. The van der Waals surface area contributed by atoms with Crippen LogP contribution < -0.4 is 5.32 Å². The third kappa shape index (κ3) is 2.44. The van der Waals surface area contributed by atoms with Crippen molar-refractivity contribution in [2.24, 2.45) is 7.05 Å². The molecule has 21 heavy (non-hydrogen) atoms. The standard InChI is InChI=1S/C15H16FN5/c1-3-10-14(16)15(19-9-18-10)17-8-13-20-11-6-4-5-7-12(11)21(13)2/h4-7,9H,3,8H2,1-2H3,(H,17,18,19). The number of nitrogens with one attached hydrogen (secondary N) is 1. The number of nitrogens with zero attached hydrogens (tertiary/aromatic N) is 4. The number of fused-ring (bicyclic) bond motifs is 1. The van der Waals surface area contributed by atoms with E-state index < -0.39 is 5.82 Å². The number of aromatic nitrogens is 4. The molecule has 0 aliphatic carbocycles. The number of aryl methyl sites for hydroxylation is 2. The van der Waals surface area contributed by atoms with Crippen LogP contribution in [0.2, 0.25) is 0 Å². The Morgan fingerprint density at radius 1 is 1.24 bits per heavy atom. The van der Waals surface area contributed by atoms with Crippen molar-refractivity contribution in [1.82, 2.24) is 19.5 Å². The molecule has 6 heteroatoms. The van der Waals surface area contributed by atoms with E-state index in [0.717, 1.165) is 16.9 Å². The van der Waals surface area contributed by atoms with Gasteiger partial charge in [0, 0.05) is 7.05 Å². The number of para-hydroxylation sites is 2. The van der Waals surface area contributed by atoms with Crippen molar-refractivity contribution in [3.8, 4) is 0 Å². The number of halogens is 1. The summed E-state index contributed by atoms with van der Waals surface area (Å²) in [7, 11) is 1.94. The molecule has 0 amide bonds. The lowest BCUT2D eigenvalue weighted by Crippen LogP contribution is -2.10. The van der Waals surface area contributed by atoms with Gasteiger partial charge in [-0.3, -0.25) is 0 Å². The van der Waals surface area contributed by atoms with Crippen LogP contribution in [0.25, 0.3) is 11.0 Å². The Morgan fingerprint density at radius 3 is 2.81 bits per heavy atom. The minimum Gasteiger partial charge on any atom is -0.360 e. The Morgan fingerprint density at radius 2 is 2.05 bits per heavy atom. The molecule has 108 valence electrons. The fraction of sp³-hybridized carbons (Fsp3) is 0.267. The van der Waals surface area contributed by atoms with Crippen LogP contribution in [0.5, 0.6) is 0 Å². The Kier molecular flexibility index (Phi) is 3.51. The van der Waals surface area contributed by atoms with Crippen molar-refractivity contribution in [3.05, 3.63) is 47.9 Å². The zero-order chi connectivity index (χ0) is 14.8. The second-order valence-electron chi connectivity index (χ2n) is 4.77. The summed E-state index contributed by atoms with van der Waals surface area (Å²) in [6.45, 7) is 2.27. The highest BCUT2D eigenvalue weighted by atomic mass is 19.1. The summed E-state index contributed by atoms with van der Waals surface area (Å²) in [4.78, 5) is 12.4. The van der Waals surface area contributed by atoms with Gasteiger partial charge in [0.2, 0.25) is 0 Å². The highest BCUT2D eigenvalue weighted by molar-refractivity contribution is 5.75. The normalized spacial score (nSPS) is 11.0. The maximum atomic E-state index is 14.1. The number of anilines is 1. The third-order valence-corrected chi connectivity index (χ3v) is 3.49. The van der Waals surface area contributed by atoms with Gasteiger partial charge in [-0.15, -0.1) is 0 Å². The van der Waals surface area contributed by atoms with Crippen molar-refractivity contribution in [1.29, 1.82) is 0 Å². The first-order chi connectivity index (χ1) is 10.2. The molecule has 5 nitrogen and oxygen atoms in total. The number of hydrogen-bond donors (Lipinski definition) is 1. The molecule has 3 aromatic rings. The third-order valence-electron chi connectivity index (χ3n) is 3.49. The number of hydrogen-bond acceptors (Lipinski definition) is 4. The zero-order valence-corrected chi connectivity index (χ0v) is 12.0. The van der Waals surface area contributed by atoms with E-state index in [-0.39, 0.29) is 5.82 Å². The lowest BCUT2D eigenvalue weighted by molar-refractivity contribution is 0.596. The second-order valence-corrected chi connectivity index (χ2v) is 4.77. The fourth-order valence-corrected chi connectivity index (χ4v) is 2.29. The van der Waals surface area contributed by atoms with Crippen molar-refractivity contribution in [2.75, 3.05) is 5.32 Å². The Bertz CT molecular complexity index is 781. The predicted molar refractivity (Wildman–Crippen MR) is 79.4 cm³/mol. The number of imidazole rings is 1. The van der Waals surface area contributed by atoms with E-state index in [4.69, 9.17) is 0 Å². The van der Waals surface area contributed by atoms with Crippen LogP contribution in [-0.4, -0.2) is 19.5 Å². The Labute approximate surface area is 121 Å². The first kappa shape index (κ1) is 13.5. The molecule has 0 fully saturated rings. The molecule has 0 unspecified atom stereocenters. The van der Waals surface area contributed by atoms with E-state index in [1.165, 1.54) is 6.33 Å². The molecular formula is C15H16FN5. The molecule has 0 radical (unpaired) electrons. The van der Waals surface area contributed by atoms with Crippen LogP contribution in [0.15, 0.2) is 30.6 Å². The zero-order valence-electron chi connectivity index (χ0n) is 12.0. The quantitative estimate of drug-likeness (QED) is 0.800. The largest absolute Gasteiger partial charge is 0.360 e. The smallest absolute Gasteiger partial charge is 0.186 e. The fourth-order valence-electron chi connectivity index (χ4n) is 2.29. The van der Waals surface area contributed by atoms with Crippen LogP contribution in [0.1, 0.15) is 18.4 Å². The van der Waals surface area contributed by atoms with Crippen molar-refractivity contribution in [2.45, 2.75) is 19.9 Å². The SMILES string of the molecule is CCc1ncnc(NCc2nc3ccccc3n2C)c1F. The van der Waals surface area contributed by atoms with E-state index >= 15 is 0 Å². The Hall–Kier alpha value is -2.50. The average Bonchev–Trinajstić information content (AvgIpc) is 2.83. The molecule has 0 spiro atoms. The lowest BCUT2D eigenvalue weighted by Gasteiger charge is -2.08. The van der Waals surface area contributed by atoms with Gasteiger partial charge in [0.1, 0.15) is 12.2 Å². The van der Waals surface area contributed by atoms with Gasteiger partial charge in [0.05, 0.1) is 23.3 Å². The first-order valence-corrected chi connectivity index (χ1v) is 6.84.